The molecule has 1 aliphatic heterocycles. The molecule has 2 aromatic rings. The summed E-state index contributed by atoms with van der Waals surface area (Å²) in [4.78, 5) is 0.212. The van der Waals surface area contributed by atoms with E-state index in [1.165, 1.54) is 15.7 Å². The normalized spacial score (nSPS) is 23.0. The van der Waals surface area contributed by atoms with Gasteiger partial charge in [-0.2, -0.15) is 8.61 Å². The Labute approximate surface area is 220 Å². The lowest BCUT2D eigenvalue weighted by molar-refractivity contribution is 0.0904. The maximum atomic E-state index is 13.7. The molecular weight excluding hydrogens is 512 g/mol. The molecule has 1 N–H and O–H groups in total. The number of allylic oxidation sites excluding steroid dienone is 2. The van der Waals surface area contributed by atoms with Crippen molar-refractivity contribution in [3.8, 4) is 5.75 Å². The zero-order valence-electron chi connectivity index (χ0n) is 21.8. The van der Waals surface area contributed by atoms with Crippen molar-refractivity contribution in [2.45, 2.75) is 62.0 Å². The first-order valence-electron chi connectivity index (χ1n) is 12.6. The van der Waals surface area contributed by atoms with E-state index in [2.05, 4.69) is 6.08 Å². The zero-order chi connectivity index (χ0) is 27.0. The maximum absolute atomic E-state index is 13.7. The SMILES string of the molecule is Cc1ccc(S(=O)(=O)N(C)C[C@H]2Oc3cc(C4=CCCC4)ccc3S(=O)(=O)N([C@@H](C)CO)C[C@H]2C)cc1. The van der Waals surface area contributed by atoms with Crippen LogP contribution in [-0.2, 0) is 20.0 Å². The fourth-order valence-electron chi connectivity index (χ4n) is 4.82. The molecule has 2 aliphatic rings. The third kappa shape index (κ3) is 5.63. The van der Waals surface area contributed by atoms with Crippen molar-refractivity contribution >= 4 is 25.6 Å². The highest BCUT2D eigenvalue weighted by Crippen LogP contribution is 2.37. The first-order chi connectivity index (χ1) is 17.4. The highest BCUT2D eigenvalue weighted by Gasteiger charge is 2.39. The van der Waals surface area contributed by atoms with Gasteiger partial charge in [0.1, 0.15) is 16.7 Å². The quantitative estimate of drug-likeness (QED) is 0.567. The number of rotatable bonds is 7. The number of sulfonamides is 2. The number of aliphatic hydroxyl groups is 1. The van der Waals surface area contributed by atoms with E-state index in [1.54, 1.807) is 49.4 Å². The van der Waals surface area contributed by atoms with Gasteiger partial charge in [-0.25, -0.2) is 16.8 Å². The van der Waals surface area contributed by atoms with Crippen molar-refractivity contribution in [2.75, 3.05) is 26.7 Å². The van der Waals surface area contributed by atoms with Crippen LogP contribution >= 0.6 is 0 Å². The molecule has 0 saturated heterocycles. The van der Waals surface area contributed by atoms with E-state index in [-0.39, 0.29) is 41.2 Å². The summed E-state index contributed by atoms with van der Waals surface area (Å²) < 4.78 is 62.9. The minimum absolute atomic E-state index is 0.0242. The third-order valence-electron chi connectivity index (χ3n) is 7.25. The van der Waals surface area contributed by atoms with E-state index in [4.69, 9.17) is 4.74 Å². The summed E-state index contributed by atoms with van der Waals surface area (Å²) in [5.74, 6) is -0.153. The first kappa shape index (κ1) is 27.8. The molecule has 3 atom stereocenters. The number of aliphatic hydroxyl groups excluding tert-OH is 1. The predicted octanol–water partition coefficient (Wildman–Crippen LogP) is 3.65. The lowest BCUT2D eigenvalue weighted by atomic mass is 10.0. The molecule has 0 unspecified atom stereocenters. The predicted molar refractivity (Wildman–Crippen MR) is 143 cm³/mol. The van der Waals surface area contributed by atoms with Crippen LogP contribution in [0.2, 0.25) is 0 Å². The van der Waals surface area contributed by atoms with Crippen LogP contribution in [0.4, 0.5) is 0 Å². The summed E-state index contributed by atoms with van der Waals surface area (Å²) in [5.41, 5.74) is 3.01. The van der Waals surface area contributed by atoms with Gasteiger partial charge in [0.05, 0.1) is 18.0 Å². The third-order valence-corrected chi connectivity index (χ3v) is 11.1. The fraction of sp³-hybridized carbons (Fsp3) is 0.481. The molecule has 37 heavy (non-hydrogen) atoms. The summed E-state index contributed by atoms with van der Waals surface area (Å²) in [7, 11) is -6.23. The van der Waals surface area contributed by atoms with Crippen molar-refractivity contribution < 1.29 is 26.7 Å². The van der Waals surface area contributed by atoms with Crippen molar-refractivity contribution in [1.82, 2.24) is 8.61 Å². The molecular formula is C27H36N2O6S2. The number of nitrogens with zero attached hydrogens (tertiary/aromatic N) is 2. The van der Waals surface area contributed by atoms with Gasteiger partial charge in [0.15, 0.2) is 0 Å². The van der Waals surface area contributed by atoms with E-state index in [0.717, 1.165) is 36.0 Å². The molecule has 0 fully saturated rings. The van der Waals surface area contributed by atoms with Gasteiger partial charge in [-0.3, -0.25) is 0 Å². The Morgan fingerprint density at radius 2 is 1.89 bits per heavy atom. The minimum atomic E-state index is -3.96. The van der Waals surface area contributed by atoms with E-state index in [1.807, 2.05) is 13.8 Å². The smallest absolute Gasteiger partial charge is 0.247 e. The Morgan fingerprint density at radius 1 is 1.19 bits per heavy atom. The summed E-state index contributed by atoms with van der Waals surface area (Å²) >= 11 is 0. The number of benzene rings is 2. The van der Waals surface area contributed by atoms with Gasteiger partial charge in [-0.15, -0.1) is 0 Å². The first-order valence-corrected chi connectivity index (χ1v) is 15.5. The summed E-state index contributed by atoms with van der Waals surface area (Å²) in [6.07, 6.45) is 4.47. The van der Waals surface area contributed by atoms with Gasteiger partial charge in [-0.05, 0) is 68.5 Å². The van der Waals surface area contributed by atoms with Gasteiger partial charge in [0, 0.05) is 25.6 Å². The van der Waals surface area contributed by atoms with E-state index in [9.17, 15) is 21.9 Å². The lowest BCUT2D eigenvalue weighted by Gasteiger charge is -2.37. The monoisotopic (exact) mass is 548 g/mol. The number of hydrogen-bond donors (Lipinski definition) is 1. The molecule has 0 radical (unpaired) electrons. The van der Waals surface area contributed by atoms with Crippen LogP contribution < -0.4 is 4.74 Å². The average molecular weight is 549 g/mol. The molecule has 0 aromatic heterocycles. The molecule has 0 saturated carbocycles. The van der Waals surface area contributed by atoms with Crippen LogP contribution in [-0.4, -0.2) is 69.4 Å². The number of fused-ring (bicyclic) bond motifs is 1. The number of ether oxygens (including phenoxy) is 1. The van der Waals surface area contributed by atoms with Crippen molar-refractivity contribution in [3.63, 3.8) is 0 Å². The van der Waals surface area contributed by atoms with E-state index >= 15 is 0 Å². The van der Waals surface area contributed by atoms with Gasteiger partial charge in [0.2, 0.25) is 20.0 Å². The van der Waals surface area contributed by atoms with Gasteiger partial charge in [-0.1, -0.05) is 36.8 Å². The maximum Gasteiger partial charge on any atom is 0.247 e. The number of aryl methyl sites for hydroxylation is 1. The standard InChI is InChI=1S/C27H36N2O6S2/c1-19-9-12-24(13-10-19)36(31,32)28(4)17-26-20(2)16-29(21(3)18-30)37(33,34)27-14-11-23(15-25(27)35-26)22-7-5-6-8-22/h7,9-15,20-21,26,30H,5-6,8,16-18H2,1-4H3/t20-,21+,26-/m1/s1. The molecule has 202 valence electrons. The van der Waals surface area contributed by atoms with Crippen LogP contribution in [0, 0.1) is 12.8 Å². The highest BCUT2D eigenvalue weighted by molar-refractivity contribution is 7.89. The van der Waals surface area contributed by atoms with E-state index < -0.39 is 32.2 Å². The minimum Gasteiger partial charge on any atom is -0.487 e. The number of likely N-dealkylation sites (N-methyl/N-ethyl adjacent to an activating group) is 1. The van der Waals surface area contributed by atoms with Crippen LogP contribution in [0.15, 0.2) is 58.3 Å². The Hall–Kier alpha value is -2.24. The second-order valence-corrected chi connectivity index (χ2v) is 14.0. The van der Waals surface area contributed by atoms with Gasteiger partial charge in [0.25, 0.3) is 0 Å². The molecule has 4 rings (SSSR count). The average Bonchev–Trinajstić information content (AvgIpc) is 3.41. The Morgan fingerprint density at radius 3 is 2.51 bits per heavy atom. The molecule has 0 spiro atoms. The molecule has 0 amide bonds. The summed E-state index contributed by atoms with van der Waals surface area (Å²) in [6, 6.07) is 11.1. The molecule has 8 nitrogen and oxygen atoms in total. The van der Waals surface area contributed by atoms with Crippen molar-refractivity contribution in [3.05, 3.63) is 59.7 Å². The molecule has 10 heteroatoms. The van der Waals surface area contributed by atoms with Crippen LogP contribution in [0.1, 0.15) is 44.2 Å². The zero-order valence-corrected chi connectivity index (χ0v) is 23.4. The van der Waals surface area contributed by atoms with E-state index in [0.29, 0.717) is 0 Å². The largest absolute Gasteiger partial charge is 0.487 e. The topological polar surface area (TPSA) is 104 Å². The van der Waals surface area contributed by atoms with Gasteiger partial charge < -0.3 is 9.84 Å². The van der Waals surface area contributed by atoms with Crippen molar-refractivity contribution in [2.24, 2.45) is 5.92 Å². The molecule has 0 bridgehead atoms. The van der Waals surface area contributed by atoms with Gasteiger partial charge >= 0.3 is 0 Å². The Balaban J connectivity index is 1.74. The highest BCUT2D eigenvalue weighted by atomic mass is 32.2. The van der Waals surface area contributed by atoms with Crippen LogP contribution in [0.25, 0.3) is 5.57 Å². The molecule has 2 aromatic carbocycles. The molecule has 1 aliphatic carbocycles. The van der Waals surface area contributed by atoms with Crippen LogP contribution in [0.3, 0.4) is 0 Å². The van der Waals surface area contributed by atoms with Crippen LogP contribution in [0.5, 0.6) is 5.75 Å². The summed E-state index contributed by atoms with van der Waals surface area (Å²) in [5, 5.41) is 9.83. The number of hydrogen-bond acceptors (Lipinski definition) is 6. The second-order valence-electron chi connectivity index (χ2n) is 10.1. The lowest BCUT2D eigenvalue weighted by Crippen LogP contribution is -2.50. The summed E-state index contributed by atoms with van der Waals surface area (Å²) in [6.45, 7) is 5.18. The molecule has 1 heterocycles. The van der Waals surface area contributed by atoms with Crippen molar-refractivity contribution in [1.29, 1.82) is 0 Å². The Bertz CT molecular complexity index is 1370. The fourth-order valence-corrected chi connectivity index (χ4v) is 7.83. The second kappa shape index (κ2) is 10.9. The Kier molecular flexibility index (Phi) is 8.16.